The minimum Gasteiger partial charge on any atom is -0.497 e. The molecule has 29 heavy (non-hydrogen) atoms. The fourth-order valence-electron chi connectivity index (χ4n) is 3.30. The SMILES string of the molecule is CCOc1ccc(S(=O)(=O)N2CC[NH+](CCOc3ccc(OC)cc3)CC2)cc1. The number of rotatable bonds is 9. The third-order valence-electron chi connectivity index (χ3n) is 4.99. The van der Waals surface area contributed by atoms with E-state index in [4.69, 9.17) is 14.2 Å². The maximum Gasteiger partial charge on any atom is 0.243 e. The smallest absolute Gasteiger partial charge is 0.243 e. The van der Waals surface area contributed by atoms with Crippen molar-refractivity contribution < 1.29 is 27.5 Å². The van der Waals surface area contributed by atoms with Gasteiger partial charge in [-0.15, -0.1) is 0 Å². The van der Waals surface area contributed by atoms with Gasteiger partial charge < -0.3 is 19.1 Å². The molecule has 0 amide bonds. The summed E-state index contributed by atoms with van der Waals surface area (Å²) in [6, 6.07) is 14.1. The molecule has 1 N–H and O–H groups in total. The lowest BCUT2D eigenvalue weighted by atomic mass is 10.3. The Hall–Kier alpha value is -2.29. The summed E-state index contributed by atoms with van der Waals surface area (Å²) in [5, 5.41) is 0. The predicted octanol–water partition coefficient (Wildman–Crippen LogP) is 1.06. The van der Waals surface area contributed by atoms with Crippen LogP contribution >= 0.6 is 0 Å². The maximum atomic E-state index is 12.9. The molecule has 0 radical (unpaired) electrons. The number of piperazine rings is 1. The Morgan fingerprint density at radius 3 is 2.03 bits per heavy atom. The minimum absolute atomic E-state index is 0.312. The molecule has 1 fully saturated rings. The van der Waals surface area contributed by atoms with Gasteiger partial charge in [0.25, 0.3) is 0 Å². The van der Waals surface area contributed by atoms with E-state index in [1.807, 2.05) is 31.2 Å². The lowest BCUT2D eigenvalue weighted by Gasteiger charge is -2.31. The molecule has 1 saturated heterocycles. The highest BCUT2D eigenvalue weighted by molar-refractivity contribution is 7.89. The number of sulfonamides is 1. The molecule has 7 nitrogen and oxygen atoms in total. The first-order chi connectivity index (χ1) is 14.0. The summed E-state index contributed by atoms with van der Waals surface area (Å²) in [7, 11) is -1.83. The van der Waals surface area contributed by atoms with Crippen molar-refractivity contribution in [3.05, 3.63) is 48.5 Å². The molecule has 158 valence electrons. The van der Waals surface area contributed by atoms with Crippen LogP contribution in [-0.2, 0) is 10.0 Å². The van der Waals surface area contributed by atoms with Crippen molar-refractivity contribution in [3.8, 4) is 17.2 Å². The molecule has 0 unspecified atom stereocenters. The van der Waals surface area contributed by atoms with Crippen LogP contribution in [0.4, 0.5) is 0 Å². The summed E-state index contributed by atoms with van der Waals surface area (Å²) < 4.78 is 43.6. The Morgan fingerprint density at radius 1 is 0.897 bits per heavy atom. The van der Waals surface area contributed by atoms with Gasteiger partial charge in [0.05, 0.1) is 44.8 Å². The van der Waals surface area contributed by atoms with E-state index in [2.05, 4.69) is 0 Å². The monoisotopic (exact) mass is 421 g/mol. The second-order valence-corrected chi connectivity index (χ2v) is 8.77. The normalized spacial score (nSPS) is 15.8. The van der Waals surface area contributed by atoms with Crippen molar-refractivity contribution >= 4 is 10.0 Å². The van der Waals surface area contributed by atoms with Crippen molar-refractivity contribution in [1.29, 1.82) is 0 Å². The van der Waals surface area contributed by atoms with Crippen LogP contribution in [0.5, 0.6) is 17.2 Å². The number of methoxy groups -OCH3 is 1. The zero-order valence-electron chi connectivity index (χ0n) is 17.0. The molecule has 0 aromatic heterocycles. The van der Waals surface area contributed by atoms with Crippen molar-refractivity contribution in [2.24, 2.45) is 0 Å². The molecule has 0 atom stereocenters. The number of ether oxygens (including phenoxy) is 3. The summed E-state index contributed by atoms with van der Waals surface area (Å²) in [5.74, 6) is 2.28. The van der Waals surface area contributed by atoms with Crippen molar-refractivity contribution in [2.45, 2.75) is 11.8 Å². The number of quaternary nitrogens is 1. The molecule has 1 heterocycles. The second-order valence-electron chi connectivity index (χ2n) is 6.83. The molecular weight excluding hydrogens is 392 g/mol. The zero-order chi connectivity index (χ0) is 20.7. The van der Waals surface area contributed by atoms with E-state index in [9.17, 15) is 8.42 Å². The van der Waals surface area contributed by atoms with Crippen molar-refractivity contribution in [2.75, 3.05) is 53.0 Å². The van der Waals surface area contributed by atoms with E-state index in [1.165, 1.54) is 4.90 Å². The number of nitrogens with zero attached hydrogens (tertiary/aromatic N) is 1. The van der Waals surface area contributed by atoms with Crippen LogP contribution in [0, 0.1) is 0 Å². The molecule has 0 bridgehead atoms. The van der Waals surface area contributed by atoms with E-state index >= 15 is 0 Å². The highest BCUT2D eigenvalue weighted by Crippen LogP contribution is 2.20. The summed E-state index contributed by atoms with van der Waals surface area (Å²) in [4.78, 5) is 1.66. The number of nitrogens with one attached hydrogen (secondary N) is 1. The first kappa shape index (κ1) is 21.4. The van der Waals surface area contributed by atoms with Crippen LogP contribution < -0.4 is 19.1 Å². The van der Waals surface area contributed by atoms with Gasteiger partial charge in [0.2, 0.25) is 10.0 Å². The Morgan fingerprint density at radius 2 is 1.45 bits per heavy atom. The van der Waals surface area contributed by atoms with Gasteiger partial charge in [0.15, 0.2) is 0 Å². The number of benzene rings is 2. The fourth-order valence-corrected chi connectivity index (χ4v) is 4.74. The lowest BCUT2D eigenvalue weighted by molar-refractivity contribution is -0.903. The molecule has 2 aromatic rings. The Balaban J connectivity index is 1.46. The molecule has 0 saturated carbocycles. The van der Waals surface area contributed by atoms with Crippen LogP contribution in [0.2, 0.25) is 0 Å². The largest absolute Gasteiger partial charge is 0.497 e. The molecule has 1 aliphatic rings. The van der Waals surface area contributed by atoms with Gasteiger partial charge in [-0.05, 0) is 55.5 Å². The molecule has 0 aliphatic carbocycles. The Kier molecular flexibility index (Phi) is 7.35. The van der Waals surface area contributed by atoms with E-state index < -0.39 is 10.0 Å². The van der Waals surface area contributed by atoms with Crippen LogP contribution in [-0.4, -0.2) is 65.8 Å². The van der Waals surface area contributed by atoms with Crippen LogP contribution in [0.25, 0.3) is 0 Å². The lowest BCUT2D eigenvalue weighted by Crippen LogP contribution is -3.15. The Labute approximate surface area is 172 Å². The number of hydrogen-bond donors (Lipinski definition) is 1. The van der Waals surface area contributed by atoms with Gasteiger partial charge in [-0.25, -0.2) is 8.42 Å². The predicted molar refractivity (Wildman–Crippen MR) is 110 cm³/mol. The topological polar surface area (TPSA) is 69.5 Å². The third-order valence-corrected chi connectivity index (χ3v) is 6.90. The van der Waals surface area contributed by atoms with Gasteiger partial charge in [-0.1, -0.05) is 0 Å². The van der Waals surface area contributed by atoms with E-state index in [0.29, 0.717) is 36.9 Å². The van der Waals surface area contributed by atoms with Gasteiger partial charge in [0.1, 0.15) is 30.4 Å². The van der Waals surface area contributed by atoms with Gasteiger partial charge in [0, 0.05) is 0 Å². The second kappa shape index (κ2) is 9.96. The quantitative estimate of drug-likeness (QED) is 0.656. The molecule has 3 rings (SSSR count). The number of hydrogen-bond acceptors (Lipinski definition) is 5. The average molecular weight is 422 g/mol. The van der Waals surface area contributed by atoms with Crippen LogP contribution in [0.1, 0.15) is 6.92 Å². The third kappa shape index (κ3) is 5.62. The van der Waals surface area contributed by atoms with E-state index in [-0.39, 0.29) is 0 Å². The standard InChI is InChI=1S/C21H28N2O5S/c1-3-27-19-8-10-21(11-9-19)29(24,25)23-14-12-22(13-15-23)16-17-28-20-6-4-18(26-2)5-7-20/h4-11H,3,12-17H2,1-2H3/p+1. The molecule has 8 heteroatoms. The fraction of sp³-hybridized carbons (Fsp3) is 0.429. The van der Waals surface area contributed by atoms with Crippen LogP contribution in [0.15, 0.2) is 53.4 Å². The summed E-state index contributed by atoms with van der Waals surface area (Å²) >= 11 is 0. The summed E-state index contributed by atoms with van der Waals surface area (Å²) in [6.07, 6.45) is 0. The van der Waals surface area contributed by atoms with Gasteiger partial charge >= 0.3 is 0 Å². The zero-order valence-corrected chi connectivity index (χ0v) is 17.8. The summed E-state index contributed by atoms with van der Waals surface area (Å²) in [6.45, 7) is 6.43. The summed E-state index contributed by atoms with van der Waals surface area (Å²) in [5.41, 5.74) is 0. The molecule has 0 spiro atoms. The maximum absolute atomic E-state index is 12.9. The Bertz CT molecular complexity index is 861. The molecular formula is C21H29N2O5S+. The van der Waals surface area contributed by atoms with Gasteiger partial charge in [-0.2, -0.15) is 4.31 Å². The molecule has 2 aromatic carbocycles. The van der Waals surface area contributed by atoms with E-state index in [1.54, 1.807) is 35.7 Å². The highest BCUT2D eigenvalue weighted by atomic mass is 32.2. The van der Waals surface area contributed by atoms with Gasteiger partial charge in [-0.3, -0.25) is 0 Å². The highest BCUT2D eigenvalue weighted by Gasteiger charge is 2.30. The van der Waals surface area contributed by atoms with Crippen LogP contribution in [0.3, 0.4) is 0 Å². The minimum atomic E-state index is -3.47. The van der Waals surface area contributed by atoms with Crippen molar-refractivity contribution in [3.63, 3.8) is 0 Å². The first-order valence-corrected chi connectivity index (χ1v) is 11.3. The van der Waals surface area contributed by atoms with E-state index in [0.717, 1.165) is 31.1 Å². The van der Waals surface area contributed by atoms with Crippen molar-refractivity contribution in [1.82, 2.24) is 4.31 Å². The molecule has 1 aliphatic heterocycles. The first-order valence-electron chi connectivity index (χ1n) is 9.86. The average Bonchev–Trinajstić information content (AvgIpc) is 2.75.